The molecule has 0 aliphatic carbocycles. The van der Waals surface area contributed by atoms with Gasteiger partial charge in [0, 0.05) is 24.7 Å². The molecule has 4 atom stereocenters. The second kappa shape index (κ2) is 8.59. The number of aliphatic hydroxyl groups excluding tert-OH is 1. The van der Waals surface area contributed by atoms with Gasteiger partial charge in [-0.05, 0) is 38.0 Å². The van der Waals surface area contributed by atoms with E-state index in [1.807, 2.05) is 6.92 Å². The maximum Gasteiger partial charge on any atom is 0.331 e. The Kier molecular flexibility index (Phi) is 6.57. The largest absolute Gasteiger partial charge is 0.453 e. The molecule has 1 amide bonds. The lowest BCUT2D eigenvalue weighted by molar-refractivity contribution is -0.233. The van der Waals surface area contributed by atoms with Crippen LogP contribution in [0.25, 0.3) is 0 Å². The Morgan fingerprint density at radius 3 is 2.79 bits per heavy atom. The highest BCUT2D eigenvalue weighted by atomic mass is 32.2. The van der Waals surface area contributed by atoms with Crippen LogP contribution in [0.5, 0.6) is 0 Å². The van der Waals surface area contributed by atoms with Gasteiger partial charge in [-0.1, -0.05) is 43.3 Å². The van der Waals surface area contributed by atoms with Crippen LogP contribution in [0.3, 0.4) is 0 Å². The molecule has 2 N–H and O–H groups in total. The van der Waals surface area contributed by atoms with E-state index >= 15 is 0 Å². The van der Waals surface area contributed by atoms with Gasteiger partial charge in [-0.15, -0.1) is 0 Å². The summed E-state index contributed by atoms with van der Waals surface area (Å²) in [5, 5.41) is 13.2. The Morgan fingerprint density at radius 2 is 2.07 bits per heavy atom. The Balaban J connectivity index is 1.91. The third kappa shape index (κ3) is 5.39. The second-order valence-corrected chi connectivity index (χ2v) is 9.85. The molecule has 2 fully saturated rings. The quantitative estimate of drug-likeness (QED) is 0.507. The van der Waals surface area contributed by atoms with E-state index < -0.39 is 17.9 Å². The highest BCUT2D eigenvalue weighted by molar-refractivity contribution is 8.14. The second-order valence-electron chi connectivity index (χ2n) is 8.86. The van der Waals surface area contributed by atoms with Gasteiger partial charge in [0.2, 0.25) is 0 Å². The molecule has 2 bridgehead atoms. The summed E-state index contributed by atoms with van der Waals surface area (Å²) in [5.41, 5.74) is 0.0117. The highest BCUT2D eigenvalue weighted by Gasteiger charge is 2.51. The normalized spacial score (nSPS) is 36.9. The molecule has 6 nitrogen and oxygen atoms in total. The van der Waals surface area contributed by atoms with Gasteiger partial charge in [-0.2, -0.15) is 0 Å². The minimum atomic E-state index is -1.02. The van der Waals surface area contributed by atoms with E-state index in [9.17, 15) is 14.7 Å². The molecule has 0 aromatic rings. The Hall–Kier alpha value is -1.31. The van der Waals surface area contributed by atoms with E-state index in [4.69, 9.17) is 9.47 Å². The van der Waals surface area contributed by atoms with Crippen molar-refractivity contribution < 1.29 is 24.2 Å². The maximum absolute atomic E-state index is 12.7. The van der Waals surface area contributed by atoms with Crippen LogP contribution in [-0.4, -0.2) is 46.1 Å². The van der Waals surface area contributed by atoms with Crippen LogP contribution in [0.2, 0.25) is 0 Å². The number of amides is 1. The van der Waals surface area contributed by atoms with E-state index in [0.717, 1.165) is 31.3 Å². The minimum absolute atomic E-state index is 0.0181. The molecule has 156 valence electrons. The Labute approximate surface area is 171 Å². The van der Waals surface area contributed by atoms with E-state index in [0.29, 0.717) is 12.2 Å². The van der Waals surface area contributed by atoms with Crippen molar-refractivity contribution in [3.05, 3.63) is 23.8 Å². The van der Waals surface area contributed by atoms with Gasteiger partial charge < -0.3 is 19.9 Å². The van der Waals surface area contributed by atoms with Gasteiger partial charge in [0.25, 0.3) is 5.24 Å². The summed E-state index contributed by atoms with van der Waals surface area (Å²) < 4.78 is 11.8. The number of rotatable bonds is 1. The number of hydrogen-bond acceptors (Lipinski definition) is 6. The lowest BCUT2D eigenvalue weighted by Gasteiger charge is -2.45. The summed E-state index contributed by atoms with van der Waals surface area (Å²) in [6.45, 7) is 6.31. The van der Waals surface area contributed by atoms with Crippen molar-refractivity contribution in [1.29, 1.82) is 0 Å². The molecule has 3 heterocycles. The van der Waals surface area contributed by atoms with Crippen molar-refractivity contribution >= 4 is 23.0 Å². The summed E-state index contributed by atoms with van der Waals surface area (Å²) in [6.07, 6.45) is 8.60. The molecule has 0 spiro atoms. The number of nitrogens with one attached hydrogen (secondary N) is 1. The van der Waals surface area contributed by atoms with Crippen molar-refractivity contribution in [2.75, 3.05) is 5.75 Å². The Morgan fingerprint density at radius 1 is 1.29 bits per heavy atom. The van der Waals surface area contributed by atoms with Gasteiger partial charge in [0.05, 0.1) is 12.1 Å². The molecular formula is C21H31NO5S. The molecule has 0 aromatic heterocycles. The number of carbonyl (C=O) groups is 2. The highest BCUT2D eigenvalue weighted by Crippen LogP contribution is 2.40. The lowest BCUT2D eigenvalue weighted by Crippen LogP contribution is -2.59. The first-order valence-corrected chi connectivity index (χ1v) is 11.0. The first-order valence-electron chi connectivity index (χ1n) is 10.0. The lowest BCUT2D eigenvalue weighted by atomic mass is 9.79. The monoisotopic (exact) mass is 409 g/mol. The molecule has 28 heavy (non-hydrogen) atoms. The first kappa shape index (κ1) is 21.4. The fourth-order valence-corrected chi connectivity index (χ4v) is 5.12. The van der Waals surface area contributed by atoms with E-state index in [-0.39, 0.29) is 29.2 Å². The van der Waals surface area contributed by atoms with Crippen LogP contribution in [0.1, 0.15) is 59.3 Å². The van der Waals surface area contributed by atoms with Gasteiger partial charge >= 0.3 is 5.97 Å². The molecule has 0 saturated carbocycles. The smallest absolute Gasteiger partial charge is 0.331 e. The first-order chi connectivity index (χ1) is 13.2. The van der Waals surface area contributed by atoms with Crippen LogP contribution < -0.4 is 5.32 Å². The summed E-state index contributed by atoms with van der Waals surface area (Å²) in [7, 11) is 0. The number of fused-ring (bicyclic) bond motifs is 2. The fraction of sp³-hybridized carbons (Fsp3) is 0.714. The number of hydrogen-bond donors (Lipinski definition) is 2. The summed E-state index contributed by atoms with van der Waals surface area (Å²) in [5.74, 6) is 0.0977. The minimum Gasteiger partial charge on any atom is -0.453 e. The number of thioether (sulfide) groups is 1. The fourth-order valence-electron chi connectivity index (χ4n) is 4.19. The van der Waals surface area contributed by atoms with E-state index in [1.54, 1.807) is 0 Å². The zero-order chi connectivity index (χ0) is 20.4. The predicted octanol–water partition coefficient (Wildman–Crippen LogP) is 3.69. The molecule has 7 heteroatoms. The van der Waals surface area contributed by atoms with Crippen LogP contribution in [0.4, 0.5) is 4.79 Å². The number of ether oxygens (including phenoxy) is 2. The molecule has 0 aromatic carbocycles. The zero-order valence-electron chi connectivity index (χ0n) is 16.9. The average molecular weight is 410 g/mol. The van der Waals surface area contributed by atoms with Gasteiger partial charge in [0.1, 0.15) is 5.60 Å². The van der Waals surface area contributed by atoms with Gasteiger partial charge in [0.15, 0.2) is 6.29 Å². The molecule has 0 radical (unpaired) electrons. The van der Waals surface area contributed by atoms with Gasteiger partial charge in [-0.25, -0.2) is 4.79 Å². The zero-order valence-corrected chi connectivity index (χ0v) is 17.7. The number of allylic oxidation sites excluding steroid dienone is 3. The number of aliphatic hydroxyl groups is 1. The van der Waals surface area contributed by atoms with Crippen LogP contribution >= 0.6 is 11.8 Å². The van der Waals surface area contributed by atoms with Crippen molar-refractivity contribution in [2.45, 2.75) is 83.3 Å². The van der Waals surface area contributed by atoms with Crippen molar-refractivity contribution in [3.63, 3.8) is 0 Å². The maximum atomic E-state index is 12.7. The predicted molar refractivity (Wildman–Crippen MR) is 109 cm³/mol. The standard InChI is InChI=1S/C21H31NO5S/c1-14-6-4-5-8-20(2,3)9-7-15-11-21(12-18(24)26-15,27-17(23)10-14)16-13-28-19(25)22-16/h5,8,10,15-16,18,24H,4,6-7,9,11-13H2,1-3H3,(H,22,25)/t15-,16+,18-,21-/m1/s1. The van der Waals surface area contributed by atoms with Crippen molar-refractivity contribution in [3.8, 4) is 0 Å². The summed E-state index contributed by atoms with van der Waals surface area (Å²) in [4.78, 5) is 24.5. The van der Waals surface area contributed by atoms with E-state index in [2.05, 4.69) is 31.3 Å². The molecular weight excluding hydrogens is 378 g/mol. The third-order valence-corrected chi connectivity index (χ3v) is 6.68. The van der Waals surface area contributed by atoms with Crippen LogP contribution in [0.15, 0.2) is 23.8 Å². The SMILES string of the molecule is CC1=CC(=O)O[C@]2([C@@H]3CSC(=O)N3)C[C@@H](CCC(C)(C)C=CCC1)O[C@@H](O)C2. The van der Waals surface area contributed by atoms with Crippen molar-refractivity contribution in [2.24, 2.45) is 5.41 Å². The topological polar surface area (TPSA) is 84.9 Å². The summed E-state index contributed by atoms with van der Waals surface area (Å²) >= 11 is 1.19. The molecule has 2 saturated heterocycles. The Bertz CT molecular complexity index is 674. The molecule has 0 unspecified atom stereocenters. The molecule has 3 aliphatic heterocycles. The molecule has 3 rings (SSSR count). The van der Waals surface area contributed by atoms with Crippen LogP contribution in [-0.2, 0) is 14.3 Å². The average Bonchev–Trinajstić information content (AvgIpc) is 3.03. The van der Waals surface area contributed by atoms with Crippen molar-refractivity contribution in [1.82, 2.24) is 5.32 Å². The third-order valence-electron chi connectivity index (χ3n) is 5.80. The molecule has 3 aliphatic rings. The number of esters is 1. The summed E-state index contributed by atoms with van der Waals surface area (Å²) in [6, 6.07) is -0.329. The van der Waals surface area contributed by atoms with Gasteiger partial charge in [-0.3, -0.25) is 4.79 Å². The van der Waals surface area contributed by atoms with E-state index in [1.165, 1.54) is 17.8 Å². The number of carbonyl (C=O) groups excluding carboxylic acids is 2. The van der Waals surface area contributed by atoms with Crippen LogP contribution in [0, 0.1) is 5.41 Å².